The van der Waals surface area contributed by atoms with Crippen molar-refractivity contribution in [2.75, 3.05) is 5.32 Å². The Balaban J connectivity index is 1.59. The molecule has 0 aliphatic heterocycles. The molecule has 1 heterocycles. The van der Waals surface area contributed by atoms with Gasteiger partial charge in [-0.2, -0.15) is 0 Å². The van der Waals surface area contributed by atoms with Crippen molar-refractivity contribution in [3.05, 3.63) is 84.2 Å². The second-order valence-corrected chi connectivity index (χ2v) is 5.02. The Morgan fingerprint density at radius 3 is 2.48 bits per heavy atom. The molecule has 1 amide bonds. The Morgan fingerprint density at radius 2 is 1.74 bits per heavy atom. The van der Waals surface area contributed by atoms with Gasteiger partial charge in [0, 0.05) is 11.8 Å². The van der Waals surface area contributed by atoms with E-state index in [1.54, 1.807) is 17.0 Å². The highest BCUT2D eigenvalue weighted by atomic mass is 16.1. The third kappa shape index (κ3) is 4.38. The predicted octanol–water partition coefficient (Wildman–Crippen LogP) is 2.98. The van der Waals surface area contributed by atoms with Crippen molar-refractivity contribution in [3.63, 3.8) is 0 Å². The summed E-state index contributed by atoms with van der Waals surface area (Å²) >= 11 is 0. The van der Waals surface area contributed by atoms with Gasteiger partial charge in [0.15, 0.2) is 0 Å². The Bertz CT molecular complexity index is 794. The molecule has 5 nitrogen and oxygen atoms in total. The van der Waals surface area contributed by atoms with Crippen LogP contribution in [-0.2, 0) is 11.3 Å². The molecule has 0 aliphatic rings. The summed E-state index contributed by atoms with van der Waals surface area (Å²) in [4.78, 5) is 11.8. The fourth-order valence-electron chi connectivity index (χ4n) is 2.10. The van der Waals surface area contributed by atoms with Crippen LogP contribution in [0.5, 0.6) is 0 Å². The lowest BCUT2D eigenvalue weighted by Crippen LogP contribution is -2.07. The Kier molecular flexibility index (Phi) is 4.59. The van der Waals surface area contributed by atoms with Crippen LogP contribution in [0.3, 0.4) is 0 Å². The average molecular weight is 304 g/mol. The summed E-state index contributed by atoms with van der Waals surface area (Å²) in [7, 11) is 0. The Hall–Kier alpha value is -3.21. The largest absolute Gasteiger partial charge is 0.323 e. The van der Waals surface area contributed by atoms with E-state index in [0.29, 0.717) is 12.2 Å². The molecule has 23 heavy (non-hydrogen) atoms. The highest BCUT2D eigenvalue weighted by Crippen LogP contribution is 2.06. The fourth-order valence-corrected chi connectivity index (χ4v) is 2.10. The second kappa shape index (κ2) is 7.17. The quantitative estimate of drug-likeness (QED) is 0.737. The van der Waals surface area contributed by atoms with E-state index in [9.17, 15) is 4.79 Å². The van der Waals surface area contributed by atoms with Crippen molar-refractivity contribution >= 4 is 17.7 Å². The molecule has 0 atom stereocenters. The fraction of sp³-hybridized carbons (Fsp3) is 0.0556. The van der Waals surface area contributed by atoms with Crippen LogP contribution in [0.15, 0.2) is 72.9 Å². The number of rotatable bonds is 5. The molecule has 0 unspecified atom stereocenters. The molecule has 3 rings (SSSR count). The first-order valence-electron chi connectivity index (χ1n) is 7.28. The highest BCUT2D eigenvalue weighted by Gasteiger charge is 2.00. The van der Waals surface area contributed by atoms with Gasteiger partial charge >= 0.3 is 0 Å². The Labute approximate surface area is 134 Å². The molecule has 0 bridgehead atoms. The molecular weight excluding hydrogens is 288 g/mol. The number of carbonyl (C=O) groups is 1. The van der Waals surface area contributed by atoms with Gasteiger partial charge in [-0.05, 0) is 23.8 Å². The van der Waals surface area contributed by atoms with Crippen molar-refractivity contribution in [3.8, 4) is 0 Å². The summed E-state index contributed by atoms with van der Waals surface area (Å²) in [6.45, 7) is 0.651. The van der Waals surface area contributed by atoms with Gasteiger partial charge < -0.3 is 5.32 Å². The number of benzene rings is 2. The zero-order chi connectivity index (χ0) is 15.9. The van der Waals surface area contributed by atoms with Crippen LogP contribution in [0.4, 0.5) is 5.69 Å². The molecule has 0 aliphatic carbocycles. The van der Waals surface area contributed by atoms with E-state index in [0.717, 1.165) is 11.3 Å². The van der Waals surface area contributed by atoms with Crippen LogP contribution in [0.25, 0.3) is 6.08 Å². The number of anilines is 1. The van der Waals surface area contributed by atoms with Gasteiger partial charge in [0.25, 0.3) is 0 Å². The number of aromatic nitrogens is 3. The minimum absolute atomic E-state index is 0.200. The molecular formula is C18H16N4O. The van der Waals surface area contributed by atoms with E-state index >= 15 is 0 Å². The van der Waals surface area contributed by atoms with Gasteiger partial charge in [-0.15, -0.1) is 5.10 Å². The first-order valence-corrected chi connectivity index (χ1v) is 7.28. The van der Waals surface area contributed by atoms with Crippen molar-refractivity contribution in [1.29, 1.82) is 0 Å². The average Bonchev–Trinajstić information content (AvgIpc) is 3.02. The normalized spacial score (nSPS) is 10.8. The lowest BCUT2D eigenvalue weighted by Gasteiger charge is -2.00. The van der Waals surface area contributed by atoms with Gasteiger partial charge in [0.05, 0.1) is 12.7 Å². The molecule has 0 saturated heterocycles. The summed E-state index contributed by atoms with van der Waals surface area (Å²) in [5.41, 5.74) is 2.55. The zero-order valence-corrected chi connectivity index (χ0v) is 12.5. The van der Waals surface area contributed by atoms with Crippen molar-refractivity contribution in [2.24, 2.45) is 0 Å². The third-order valence-corrected chi connectivity index (χ3v) is 3.19. The third-order valence-electron chi connectivity index (χ3n) is 3.19. The van der Waals surface area contributed by atoms with E-state index in [4.69, 9.17) is 0 Å². The smallest absolute Gasteiger partial charge is 0.248 e. The molecule has 1 aromatic heterocycles. The van der Waals surface area contributed by atoms with Gasteiger partial charge in [0.2, 0.25) is 5.91 Å². The zero-order valence-electron chi connectivity index (χ0n) is 12.5. The number of hydrogen-bond acceptors (Lipinski definition) is 3. The van der Waals surface area contributed by atoms with Crippen LogP contribution in [-0.4, -0.2) is 20.9 Å². The number of nitrogens with one attached hydrogen (secondary N) is 1. The molecule has 0 fully saturated rings. The van der Waals surface area contributed by atoms with Crippen molar-refractivity contribution in [1.82, 2.24) is 15.0 Å². The van der Waals surface area contributed by atoms with E-state index < -0.39 is 0 Å². The topological polar surface area (TPSA) is 59.8 Å². The predicted molar refractivity (Wildman–Crippen MR) is 89.7 cm³/mol. The van der Waals surface area contributed by atoms with E-state index in [1.165, 1.54) is 6.08 Å². The van der Waals surface area contributed by atoms with Gasteiger partial charge in [-0.25, -0.2) is 4.68 Å². The number of para-hydroxylation sites is 1. The number of nitrogens with zero attached hydrogens (tertiary/aromatic N) is 3. The number of amides is 1. The van der Waals surface area contributed by atoms with Gasteiger partial charge in [0.1, 0.15) is 5.69 Å². The monoisotopic (exact) mass is 304 g/mol. The molecule has 0 radical (unpaired) electrons. The molecule has 2 aromatic carbocycles. The molecule has 1 N–H and O–H groups in total. The minimum Gasteiger partial charge on any atom is -0.323 e. The van der Waals surface area contributed by atoms with Crippen LogP contribution in [0.1, 0.15) is 11.3 Å². The molecule has 3 aromatic rings. The maximum atomic E-state index is 11.8. The van der Waals surface area contributed by atoms with E-state index in [1.807, 2.05) is 60.7 Å². The minimum atomic E-state index is -0.200. The van der Waals surface area contributed by atoms with Crippen LogP contribution < -0.4 is 5.32 Å². The first-order chi connectivity index (χ1) is 11.3. The molecule has 0 saturated carbocycles. The number of hydrogen-bond donors (Lipinski definition) is 1. The lowest BCUT2D eigenvalue weighted by atomic mass is 10.2. The summed E-state index contributed by atoms with van der Waals surface area (Å²) in [6.07, 6.45) is 4.90. The lowest BCUT2D eigenvalue weighted by molar-refractivity contribution is -0.111. The van der Waals surface area contributed by atoms with Crippen LogP contribution >= 0.6 is 0 Å². The molecule has 114 valence electrons. The van der Waals surface area contributed by atoms with Gasteiger partial charge in [-0.3, -0.25) is 4.79 Å². The van der Waals surface area contributed by atoms with Crippen LogP contribution in [0.2, 0.25) is 0 Å². The van der Waals surface area contributed by atoms with Crippen LogP contribution in [0, 0.1) is 0 Å². The summed E-state index contributed by atoms with van der Waals surface area (Å²) < 4.78 is 1.74. The van der Waals surface area contributed by atoms with Gasteiger partial charge in [-0.1, -0.05) is 53.7 Å². The molecule has 5 heteroatoms. The first kappa shape index (κ1) is 14.7. The summed E-state index contributed by atoms with van der Waals surface area (Å²) in [5, 5.41) is 10.9. The van der Waals surface area contributed by atoms with Crippen molar-refractivity contribution < 1.29 is 4.79 Å². The number of carbonyl (C=O) groups excluding carboxylic acids is 1. The maximum absolute atomic E-state index is 11.8. The summed E-state index contributed by atoms with van der Waals surface area (Å²) in [5.74, 6) is -0.200. The Morgan fingerprint density at radius 1 is 1.04 bits per heavy atom. The maximum Gasteiger partial charge on any atom is 0.248 e. The summed E-state index contributed by atoms with van der Waals surface area (Å²) in [6, 6.07) is 19.3. The van der Waals surface area contributed by atoms with E-state index in [2.05, 4.69) is 15.6 Å². The highest BCUT2D eigenvalue weighted by molar-refractivity contribution is 6.01. The van der Waals surface area contributed by atoms with Crippen molar-refractivity contribution in [2.45, 2.75) is 6.54 Å². The second-order valence-electron chi connectivity index (χ2n) is 5.02. The van der Waals surface area contributed by atoms with E-state index in [-0.39, 0.29) is 5.91 Å². The standard InChI is InChI=1S/C18H16N4O/c23-18(19-16-9-5-2-6-10-16)12-11-17-14-22(21-20-17)13-15-7-3-1-4-8-15/h1-12,14H,13H2,(H,19,23)/b12-11+. The molecule has 0 spiro atoms. The SMILES string of the molecule is O=C(/C=C/c1cn(Cc2ccccc2)nn1)Nc1ccccc1.